The zero-order valence-corrected chi connectivity index (χ0v) is 14.2. The fraction of sp³-hybridized carbons (Fsp3) is 0.176. The van der Waals surface area contributed by atoms with E-state index in [0.717, 1.165) is 27.4 Å². The van der Waals surface area contributed by atoms with E-state index in [-0.39, 0.29) is 11.4 Å². The molecule has 1 aliphatic rings. The molecule has 0 saturated heterocycles. The van der Waals surface area contributed by atoms with Crippen LogP contribution in [0.2, 0.25) is 0 Å². The van der Waals surface area contributed by atoms with Crippen LogP contribution < -0.4 is 10.1 Å². The fourth-order valence-corrected chi connectivity index (χ4v) is 2.13. The molecule has 0 amide bonds. The number of anilines is 1. The lowest BCUT2D eigenvalue weighted by Gasteiger charge is -2.22. The predicted octanol–water partition coefficient (Wildman–Crippen LogP) is 0.717. The van der Waals surface area contributed by atoms with E-state index >= 15 is 0 Å². The van der Waals surface area contributed by atoms with Crippen molar-refractivity contribution in [2.24, 2.45) is 0 Å². The van der Waals surface area contributed by atoms with Gasteiger partial charge in [0.2, 0.25) is 0 Å². The van der Waals surface area contributed by atoms with Gasteiger partial charge in [0, 0.05) is 6.08 Å². The van der Waals surface area contributed by atoms with Crippen LogP contribution in [-0.4, -0.2) is 45.2 Å². The minimum atomic E-state index is -1.05. The number of carbonyl (C=O) groups excluding carboxylic acids is 4. The average Bonchev–Trinajstić information content (AvgIpc) is 2.66. The number of hydrogen-bond acceptors (Lipinski definition) is 9. The maximum atomic E-state index is 12.3. The number of hydrogen-bond donors (Lipinski definition) is 1. The lowest BCUT2D eigenvalue weighted by Crippen LogP contribution is -2.29. The Bertz CT molecular complexity index is 837. The molecule has 9 nitrogen and oxygen atoms in total. The maximum absolute atomic E-state index is 12.3. The van der Waals surface area contributed by atoms with Crippen LogP contribution >= 0.6 is 0 Å². The molecular weight excluding hydrogens is 346 g/mol. The zero-order chi connectivity index (χ0) is 19.3. The third kappa shape index (κ3) is 3.72. The third-order valence-electron chi connectivity index (χ3n) is 3.33. The quantitative estimate of drug-likeness (QED) is 0.358. The molecule has 136 valence electrons. The van der Waals surface area contributed by atoms with Crippen molar-refractivity contribution in [2.45, 2.75) is 0 Å². The predicted molar refractivity (Wildman–Crippen MR) is 86.9 cm³/mol. The largest absolute Gasteiger partial charge is 0.466 e. The molecule has 0 spiro atoms. The fourth-order valence-electron chi connectivity index (χ4n) is 2.13. The van der Waals surface area contributed by atoms with Crippen LogP contribution in [0.3, 0.4) is 0 Å². The number of carbonyl (C=O) groups is 4. The molecule has 0 unspecified atom stereocenters. The van der Waals surface area contributed by atoms with Gasteiger partial charge in [0.05, 0.1) is 32.6 Å². The van der Waals surface area contributed by atoms with Gasteiger partial charge in [-0.3, -0.25) is 0 Å². The van der Waals surface area contributed by atoms with Gasteiger partial charge in [-0.05, 0) is 12.1 Å². The van der Waals surface area contributed by atoms with Crippen LogP contribution in [0.5, 0.6) is 5.75 Å². The molecule has 1 heterocycles. The van der Waals surface area contributed by atoms with E-state index in [1.807, 2.05) is 0 Å². The van der Waals surface area contributed by atoms with E-state index in [9.17, 15) is 19.2 Å². The van der Waals surface area contributed by atoms with Gasteiger partial charge in [0.25, 0.3) is 0 Å². The van der Waals surface area contributed by atoms with E-state index in [0.29, 0.717) is 5.69 Å². The third-order valence-corrected chi connectivity index (χ3v) is 3.33. The molecule has 0 bridgehead atoms. The number of fused-ring (bicyclic) bond motifs is 1. The van der Waals surface area contributed by atoms with Crippen LogP contribution in [0, 0.1) is 0 Å². The molecule has 1 aromatic rings. The molecule has 0 aromatic heterocycles. The molecule has 0 aliphatic carbocycles. The van der Waals surface area contributed by atoms with E-state index in [1.165, 1.54) is 0 Å². The molecular formula is C17H15NO8. The second-order valence-electron chi connectivity index (χ2n) is 4.83. The lowest BCUT2D eigenvalue weighted by molar-refractivity contribution is -0.140. The van der Waals surface area contributed by atoms with Gasteiger partial charge in [-0.15, -0.1) is 0 Å². The summed E-state index contributed by atoms with van der Waals surface area (Å²) in [5, 5.41) is 2.72. The van der Waals surface area contributed by atoms with Crippen molar-refractivity contribution in [3.63, 3.8) is 0 Å². The molecule has 1 N–H and O–H groups in total. The van der Waals surface area contributed by atoms with Crippen molar-refractivity contribution >= 4 is 29.6 Å². The normalized spacial score (nSPS) is 15.0. The Morgan fingerprint density at radius 3 is 2.27 bits per heavy atom. The Balaban J connectivity index is 2.69. The summed E-state index contributed by atoms with van der Waals surface area (Å²) in [6.45, 7) is 0. The number of rotatable bonds is 4. The Morgan fingerprint density at radius 1 is 1.00 bits per heavy atom. The van der Waals surface area contributed by atoms with Crippen molar-refractivity contribution in [1.82, 2.24) is 0 Å². The van der Waals surface area contributed by atoms with Crippen molar-refractivity contribution in [2.75, 3.05) is 26.6 Å². The first-order valence-electron chi connectivity index (χ1n) is 7.22. The molecule has 0 fully saturated rings. The molecule has 2 rings (SSSR count). The second kappa shape index (κ2) is 7.97. The number of methoxy groups -OCH3 is 3. The standard InChI is InChI=1S/C17H15NO8/c1-23-12(19)8-9(15(20)24-2)13(16(21)25-3)14-17(22)26-11-7-5-4-6-10(11)18-14/h4-8,18H,1-3H3/b9-8-,14-13-. The summed E-state index contributed by atoms with van der Waals surface area (Å²) in [5.41, 5.74) is -1.05. The summed E-state index contributed by atoms with van der Waals surface area (Å²) in [4.78, 5) is 48.3. The van der Waals surface area contributed by atoms with Crippen molar-refractivity contribution < 1.29 is 38.1 Å². The monoisotopic (exact) mass is 361 g/mol. The summed E-state index contributed by atoms with van der Waals surface area (Å²) < 4.78 is 18.9. The van der Waals surface area contributed by atoms with Crippen molar-refractivity contribution in [1.29, 1.82) is 0 Å². The molecule has 1 aliphatic heterocycles. The van der Waals surface area contributed by atoms with Crippen LogP contribution in [0.4, 0.5) is 5.69 Å². The van der Waals surface area contributed by atoms with Gasteiger partial charge in [0.15, 0.2) is 5.75 Å². The SMILES string of the molecule is COC(=O)/C=C(C(=O)OC)/C(C(=O)OC)=C1/Nc2ccccc2OC1=O. The molecule has 1 aromatic carbocycles. The van der Waals surface area contributed by atoms with Crippen molar-refractivity contribution in [3.8, 4) is 5.75 Å². The number of esters is 4. The van der Waals surface area contributed by atoms with Crippen LogP contribution in [0.1, 0.15) is 0 Å². The second-order valence-corrected chi connectivity index (χ2v) is 4.83. The van der Waals surface area contributed by atoms with Gasteiger partial charge in [0.1, 0.15) is 11.3 Å². The highest BCUT2D eigenvalue weighted by Gasteiger charge is 2.34. The highest BCUT2D eigenvalue weighted by Crippen LogP contribution is 2.32. The molecule has 0 saturated carbocycles. The summed E-state index contributed by atoms with van der Waals surface area (Å²) in [7, 11) is 3.19. The van der Waals surface area contributed by atoms with E-state index in [4.69, 9.17) is 4.74 Å². The van der Waals surface area contributed by atoms with Gasteiger partial charge in [-0.2, -0.15) is 0 Å². The van der Waals surface area contributed by atoms with Crippen LogP contribution in [0.15, 0.2) is 47.2 Å². The molecule has 26 heavy (non-hydrogen) atoms. The summed E-state index contributed by atoms with van der Waals surface area (Å²) >= 11 is 0. The van der Waals surface area contributed by atoms with E-state index in [2.05, 4.69) is 19.5 Å². The summed E-state index contributed by atoms with van der Waals surface area (Å²) in [6.07, 6.45) is 0.723. The first kappa shape index (κ1) is 18.7. The molecule has 9 heteroatoms. The minimum absolute atomic E-state index is 0.238. The Hall–Kier alpha value is -3.62. The topological polar surface area (TPSA) is 117 Å². The smallest absolute Gasteiger partial charge is 0.361 e. The Labute approximate surface area is 148 Å². The van der Waals surface area contributed by atoms with Crippen LogP contribution in [0.25, 0.3) is 0 Å². The number of benzene rings is 1. The number of para-hydroxylation sites is 2. The first-order valence-corrected chi connectivity index (χ1v) is 7.22. The van der Waals surface area contributed by atoms with E-state index < -0.39 is 35.0 Å². The molecule has 0 atom stereocenters. The first-order chi connectivity index (χ1) is 12.4. The average molecular weight is 361 g/mol. The maximum Gasteiger partial charge on any atom is 0.361 e. The van der Waals surface area contributed by atoms with Gasteiger partial charge in [-0.1, -0.05) is 12.1 Å². The van der Waals surface area contributed by atoms with Gasteiger partial charge < -0.3 is 24.3 Å². The summed E-state index contributed by atoms with van der Waals surface area (Å²) in [5.74, 6) is -3.73. The highest BCUT2D eigenvalue weighted by atomic mass is 16.5. The van der Waals surface area contributed by atoms with Gasteiger partial charge in [-0.25, -0.2) is 19.2 Å². The minimum Gasteiger partial charge on any atom is -0.466 e. The molecule has 0 radical (unpaired) electrons. The Kier molecular flexibility index (Phi) is 5.74. The summed E-state index contributed by atoms with van der Waals surface area (Å²) in [6, 6.07) is 6.46. The lowest BCUT2D eigenvalue weighted by atomic mass is 10.0. The van der Waals surface area contributed by atoms with E-state index in [1.54, 1.807) is 24.3 Å². The zero-order valence-electron chi connectivity index (χ0n) is 14.2. The Morgan fingerprint density at radius 2 is 1.65 bits per heavy atom. The number of nitrogens with one attached hydrogen (secondary N) is 1. The van der Waals surface area contributed by atoms with Gasteiger partial charge >= 0.3 is 23.9 Å². The highest BCUT2D eigenvalue weighted by molar-refractivity contribution is 6.15. The van der Waals surface area contributed by atoms with Crippen molar-refractivity contribution in [3.05, 3.63) is 47.2 Å². The van der Waals surface area contributed by atoms with Crippen LogP contribution in [-0.2, 0) is 33.4 Å². The number of ether oxygens (including phenoxy) is 4.